The fraction of sp³-hybridized carbons (Fsp3) is 0.278. The van der Waals surface area contributed by atoms with Gasteiger partial charge in [-0.3, -0.25) is 9.69 Å². The maximum atomic E-state index is 12.4. The Bertz CT molecular complexity index is 880. The van der Waals surface area contributed by atoms with Gasteiger partial charge in [0, 0.05) is 11.6 Å². The Morgan fingerprint density at radius 2 is 2.04 bits per heavy atom. The standard InChI is InChI=1S/C18H20N4O2S/c1-12(13-7-4-5-10-16(13)24-3)22(2)11-17(23)19-14-8-6-9-15-18(14)21-25-20-15/h4-10,12H,11H2,1-3H3,(H,19,23)/t12-/m0/s1. The van der Waals surface area contributed by atoms with Gasteiger partial charge in [0.15, 0.2) is 0 Å². The van der Waals surface area contributed by atoms with E-state index in [4.69, 9.17) is 4.74 Å². The minimum atomic E-state index is -0.0928. The Kier molecular flexibility index (Phi) is 5.25. The number of rotatable bonds is 6. The van der Waals surface area contributed by atoms with Crippen LogP contribution in [0.1, 0.15) is 18.5 Å². The SMILES string of the molecule is COc1ccccc1[C@H](C)N(C)CC(=O)Nc1cccc2nsnc12. The van der Waals surface area contributed by atoms with Gasteiger partial charge in [0.25, 0.3) is 0 Å². The van der Waals surface area contributed by atoms with Gasteiger partial charge in [-0.2, -0.15) is 8.75 Å². The van der Waals surface area contributed by atoms with Crippen molar-refractivity contribution >= 4 is 34.4 Å². The lowest BCUT2D eigenvalue weighted by Gasteiger charge is -2.25. The molecule has 0 spiro atoms. The molecule has 1 atom stereocenters. The maximum absolute atomic E-state index is 12.4. The van der Waals surface area contributed by atoms with Crippen molar-refractivity contribution in [2.45, 2.75) is 13.0 Å². The summed E-state index contributed by atoms with van der Waals surface area (Å²) >= 11 is 1.14. The van der Waals surface area contributed by atoms with Crippen LogP contribution in [0.5, 0.6) is 5.75 Å². The van der Waals surface area contributed by atoms with E-state index >= 15 is 0 Å². The number of benzene rings is 2. The average Bonchev–Trinajstić information content (AvgIpc) is 3.10. The van der Waals surface area contributed by atoms with Gasteiger partial charge >= 0.3 is 0 Å². The summed E-state index contributed by atoms with van der Waals surface area (Å²) in [7, 11) is 3.57. The minimum absolute atomic E-state index is 0.0404. The number of likely N-dealkylation sites (N-methyl/N-ethyl adjacent to an activating group) is 1. The molecule has 0 aliphatic carbocycles. The highest BCUT2D eigenvalue weighted by Gasteiger charge is 2.18. The van der Waals surface area contributed by atoms with Crippen LogP contribution in [-0.4, -0.2) is 40.3 Å². The first-order valence-corrected chi connectivity index (χ1v) is 8.67. The summed E-state index contributed by atoms with van der Waals surface area (Å²) in [4.78, 5) is 14.4. The van der Waals surface area contributed by atoms with E-state index in [0.29, 0.717) is 5.69 Å². The molecule has 130 valence electrons. The number of aromatic nitrogens is 2. The van der Waals surface area contributed by atoms with Crippen LogP contribution in [-0.2, 0) is 4.79 Å². The van der Waals surface area contributed by atoms with E-state index in [9.17, 15) is 4.79 Å². The molecule has 25 heavy (non-hydrogen) atoms. The number of amides is 1. The molecule has 0 bridgehead atoms. The number of nitrogens with one attached hydrogen (secondary N) is 1. The average molecular weight is 356 g/mol. The molecular formula is C18H20N4O2S. The van der Waals surface area contributed by atoms with Gasteiger partial charge in [-0.25, -0.2) is 0 Å². The number of hydrogen-bond acceptors (Lipinski definition) is 6. The summed E-state index contributed by atoms with van der Waals surface area (Å²) < 4.78 is 13.8. The smallest absolute Gasteiger partial charge is 0.238 e. The lowest BCUT2D eigenvalue weighted by molar-refractivity contribution is -0.117. The third kappa shape index (κ3) is 3.78. The first kappa shape index (κ1) is 17.3. The number of para-hydroxylation sites is 1. The molecule has 0 fully saturated rings. The normalized spacial score (nSPS) is 12.3. The van der Waals surface area contributed by atoms with E-state index in [1.807, 2.05) is 54.4 Å². The Balaban J connectivity index is 1.69. The molecule has 6 nitrogen and oxygen atoms in total. The van der Waals surface area contributed by atoms with Gasteiger partial charge in [-0.15, -0.1) is 0 Å². The van der Waals surface area contributed by atoms with Crippen molar-refractivity contribution in [3.63, 3.8) is 0 Å². The second-order valence-corrected chi connectivity index (χ2v) is 6.35. The van der Waals surface area contributed by atoms with E-state index in [0.717, 1.165) is 34.1 Å². The van der Waals surface area contributed by atoms with Gasteiger partial charge in [0.05, 0.1) is 31.1 Å². The molecule has 0 aliphatic rings. The first-order valence-electron chi connectivity index (χ1n) is 7.94. The lowest BCUT2D eigenvalue weighted by atomic mass is 10.1. The number of carbonyl (C=O) groups excluding carboxylic acids is 1. The molecule has 1 heterocycles. The Morgan fingerprint density at radius 3 is 2.84 bits per heavy atom. The number of ether oxygens (including phenoxy) is 1. The van der Waals surface area contributed by atoms with Crippen LogP contribution in [0.25, 0.3) is 11.0 Å². The largest absolute Gasteiger partial charge is 0.496 e. The van der Waals surface area contributed by atoms with Crippen LogP contribution in [0, 0.1) is 0 Å². The number of carbonyl (C=O) groups is 1. The molecule has 1 N–H and O–H groups in total. The van der Waals surface area contributed by atoms with Gasteiger partial charge in [-0.1, -0.05) is 24.3 Å². The summed E-state index contributed by atoms with van der Waals surface area (Å²) in [5, 5.41) is 2.93. The van der Waals surface area contributed by atoms with Gasteiger partial charge in [-0.05, 0) is 32.2 Å². The molecule has 2 aromatic carbocycles. The zero-order valence-electron chi connectivity index (χ0n) is 14.4. The quantitative estimate of drug-likeness (QED) is 0.734. The summed E-state index contributed by atoms with van der Waals surface area (Å²) in [6, 6.07) is 13.5. The Labute approximate surface area is 150 Å². The highest BCUT2D eigenvalue weighted by Crippen LogP contribution is 2.28. The van der Waals surface area contributed by atoms with E-state index in [-0.39, 0.29) is 18.5 Å². The predicted molar refractivity (Wildman–Crippen MR) is 100 cm³/mol. The second-order valence-electron chi connectivity index (χ2n) is 5.82. The molecule has 3 aromatic rings. The van der Waals surface area contributed by atoms with Crippen LogP contribution in [0.15, 0.2) is 42.5 Å². The van der Waals surface area contributed by atoms with Crippen molar-refractivity contribution in [3.8, 4) is 5.75 Å². The van der Waals surface area contributed by atoms with Crippen molar-refractivity contribution in [1.29, 1.82) is 0 Å². The third-order valence-electron chi connectivity index (χ3n) is 4.20. The summed E-state index contributed by atoms with van der Waals surface area (Å²) in [6.07, 6.45) is 0. The predicted octanol–water partition coefficient (Wildman–Crippen LogP) is 3.33. The highest BCUT2D eigenvalue weighted by atomic mass is 32.1. The van der Waals surface area contributed by atoms with E-state index in [1.165, 1.54) is 0 Å². The van der Waals surface area contributed by atoms with Crippen LogP contribution in [0.2, 0.25) is 0 Å². The molecule has 0 saturated carbocycles. The maximum Gasteiger partial charge on any atom is 0.238 e. The van der Waals surface area contributed by atoms with Gasteiger partial charge in [0.2, 0.25) is 5.91 Å². The number of hydrogen-bond donors (Lipinski definition) is 1. The fourth-order valence-corrected chi connectivity index (χ4v) is 3.26. The number of fused-ring (bicyclic) bond motifs is 1. The monoisotopic (exact) mass is 356 g/mol. The molecular weight excluding hydrogens is 336 g/mol. The van der Waals surface area contributed by atoms with Crippen LogP contribution in [0.4, 0.5) is 5.69 Å². The van der Waals surface area contributed by atoms with E-state index in [2.05, 4.69) is 21.0 Å². The summed E-state index contributed by atoms with van der Waals surface area (Å²) in [6.45, 7) is 2.31. The lowest BCUT2D eigenvalue weighted by Crippen LogP contribution is -2.32. The Hall–Kier alpha value is -2.51. The molecule has 0 saturated heterocycles. The molecule has 1 amide bonds. The molecule has 0 unspecified atom stereocenters. The van der Waals surface area contributed by atoms with Crippen LogP contribution >= 0.6 is 11.7 Å². The molecule has 0 aliphatic heterocycles. The summed E-state index contributed by atoms with van der Waals surface area (Å²) in [5.74, 6) is 0.727. The fourth-order valence-electron chi connectivity index (χ4n) is 2.71. The van der Waals surface area contributed by atoms with E-state index in [1.54, 1.807) is 7.11 Å². The minimum Gasteiger partial charge on any atom is -0.496 e. The zero-order valence-corrected chi connectivity index (χ0v) is 15.2. The van der Waals surface area contributed by atoms with Crippen molar-refractivity contribution in [3.05, 3.63) is 48.0 Å². The van der Waals surface area contributed by atoms with Gasteiger partial charge < -0.3 is 10.1 Å². The number of nitrogens with zero attached hydrogens (tertiary/aromatic N) is 3. The molecule has 1 aromatic heterocycles. The summed E-state index contributed by atoms with van der Waals surface area (Å²) in [5.41, 5.74) is 3.25. The highest BCUT2D eigenvalue weighted by molar-refractivity contribution is 7.00. The van der Waals surface area contributed by atoms with Crippen molar-refractivity contribution < 1.29 is 9.53 Å². The third-order valence-corrected chi connectivity index (χ3v) is 4.75. The molecule has 7 heteroatoms. The molecule has 0 radical (unpaired) electrons. The second kappa shape index (κ2) is 7.58. The number of anilines is 1. The topological polar surface area (TPSA) is 67.3 Å². The van der Waals surface area contributed by atoms with Gasteiger partial charge in [0.1, 0.15) is 16.8 Å². The van der Waals surface area contributed by atoms with Crippen LogP contribution < -0.4 is 10.1 Å². The first-order chi connectivity index (χ1) is 12.1. The van der Waals surface area contributed by atoms with Crippen molar-refractivity contribution in [2.24, 2.45) is 0 Å². The zero-order chi connectivity index (χ0) is 17.8. The van der Waals surface area contributed by atoms with E-state index < -0.39 is 0 Å². The number of methoxy groups -OCH3 is 1. The Morgan fingerprint density at radius 1 is 1.24 bits per heavy atom. The van der Waals surface area contributed by atoms with Crippen LogP contribution in [0.3, 0.4) is 0 Å². The van der Waals surface area contributed by atoms with Crippen molar-refractivity contribution in [1.82, 2.24) is 13.6 Å². The molecule has 3 rings (SSSR count). The van der Waals surface area contributed by atoms with Crippen molar-refractivity contribution in [2.75, 3.05) is 26.0 Å².